The van der Waals surface area contributed by atoms with E-state index < -0.39 is 7.14 Å². The molecule has 0 unspecified atom stereocenters. The Bertz CT molecular complexity index is 2000. The van der Waals surface area contributed by atoms with Gasteiger partial charge in [-0.25, -0.2) is 4.98 Å². The number of hydrogen-bond donors (Lipinski definition) is 0. The van der Waals surface area contributed by atoms with Crippen LogP contribution in [-0.2, 0) is 4.57 Å². The molecule has 7 aromatic rings. The van der Waals surface area contributed by atoms with Crippen LogP contribution in [0.25, 0.3) is 49.5 Å². The molecule has 1 aliphatic heterocycles. The van der Waals surface area contributed by atoms with Gasteiger partial charge in [-0.2, -0.15) is 0 Å². The lowest BCUT2D eigenvalue weighted by molar-refractivity contribution is 0.593. The Hall–Kier alpha value is -4.20. The number of fused-ring (bicyclic) bond motifs is 11. The average molecular weight is 466 g/mol. The number of imidazole rings is 1. The molecule has 0 spiro atoms. The van der Waals surface area contributed by atoms with E-state index in [1.54, 1.807) is 0 Å². The molecule has 0 atom stereocenters. The van der Waals surface area contributed by atoms with Crippen LogP contribution in [0.1, 0.15) is 0 Å². The summed E-state index contributed by atoms with van der Waals surface area (Å²) in [5.41, 5.74) is 5.91. The largest absolute Gasteiger partial charge is 0.309 e. The Morgan fingerprint density at radius 3 is 1.80 bits per heavy atom. The lowest BCUT2D eigenvalue weighted by Gasteiger charge is -2.16. The minimum atomic E-state index is -3.10. The summed E-state index contributed by atoms with van der Waals surface area (Å²) in [4.78, 5) is 5.22. The normalized spacial score (nSPS) is 14.1. The van der Waals surface area contributed by atoms with Crippen molar-refractivity contribution >= 4 is 61.4 Å². The molecule has 0 amide bonds. The smallest absolute Gasteiger partial charge is 0.174 e. The van der Waals surface area contributed by atoms with E-state index in [2.05, 4.69) is 71.1 Å². The van der Waals surface area contributed by atoms with Crippen LogP contribution in [0.4, 0.5) is 0 Å². The van der Waals surface area contributed by atoms with Gasteiger partial charge in [0.25, 0.3) is 0 Å². The maximum Gasteiger partial charge on any atom is 0.174 e. The van der Waals surface area contributed by atoms with E-state index in [-0.39, 0.29) is 0 Å². The van der Waals surface area contributed by atoms with Crippen LogP contribution in [0.2, 0.25) is 0 Å². The Morgan fingerprint density at radius 1 is 0.514 bits per heavy atom. The highest BCUT2D eigenvalue weighted by Gasteiger charge is 2.41. The van der Waals surface area contributed by atoms with Crippen molar-refractivity contribution in [2.75, 3.05) is 0 Å². The second kappa shape index (κ2) is 6.69. The third-order valence-corrected chi connectivity index (χ3v) is 10.6. The summed E-state index contributed by atoms with van der Waals surface area (Å²) in [6, 6.07) is 39.2. The van der Waals surface area contributed by atoms with Gasteiger partial charge in [0.2, 0.25) is 0 Å². The Balaban J connectivity index is 1.58. The molecule has 4 heteroatoms. The second-order valence-corrected chi connectivity index (χ2v) is 11.8. The summed E-state index contributed by atoms with van der Waals surface area (Å²) in [6.07, 6.45) is 0. The van der Waals surface area contributed by atoms with E-state index in [0.29, 0.717) is 0 Å². The first-order valence-electron chi connectivity index (χ1n) is 11.8. The van der Waals surface area contributed by atoms with Gasteiger partial charge in [0.15, 0.2) is 7.14 Å². The first-order chi connectivity index (χ1) is 17.3. The van der Waals surface area contributed by atoms with Crippen LogP contribution >= 0.6 is 7.14 Å². The predicted octanol–water partition coefficient (Wildman–Crippen LogP) is 6.41. The average Bonchev–Trinajstić information content (AvgIpc) is 3.44. The molecular formula is C31H19N2OP. The molecule has 35 heavy (non-hydrogen) atoms. The molecule has 0 saturated carbocycles. The fraction of sp³-hybridized carbons (Fsp3) is 0. The van der Waals surface area contributed by atoms with E-state index in [9.17, 15) is 0 Å². The number of para-hydroxylation sites is 2. The lowest BCUT2D eigenvalue weighted by Crippen LogP contribution is -2.21. The standard InChI is InChI=1S/C31H19N2OP/c34-35(27-17-7-4-12-22(27)23-13-5-8-18-28(23)35)29-19-9-16-26-30(29)32-31-24-14-2-1-10-20(24)21-11-3-6-15-25(21)33(26)31/h1-19H. The Labute approximate surface area is 201 Å². The van der Waals surface area contributed by atoms with Gasteiger partial charge in [0.05, 0.1) is 11.0 Å². The molecule has 5 aromatic carbocycles. The monoisotopic (exact) mass is 466 g/mol. The maximum atomic E-state index is 15.2. The number of pyridine rings is 1. The van der Waals surface area contributed by atoms with E-state index in [0.717, 1.165) is 54.6 Å². The SMILES string of the molecule is O=P1(c2cccc3c2nc2c4ccccc4c4ccccc4n32)c2ccccc2-c2ccccc21. The number of rotatable bonds is 1. The Morgan fingerprint density at radius 2 is 1.06 bits per heavy atom. The summed E-state index contributed by atoms with van der Waals surface area (Å²) in [5, 5.41) is 6.07. The van der Waals surface area contributed by atoms with Crippen LogP contribution < -0.4 is 15.9 Å². The van der Waals surface area contributed by atoms with Crippen molar-refractivity contribution in [2.45, 2.75) is 0 Å². The number of hydrogen-bond acceptors (Lipinski definition) is 2. The second-order valence-electron chi connectivity index (χ2n) is 9.12. The molecule has 0 saturated heterocycles. The van der Waals surface area contributed by atoms with Crippen LogP contribution in [0, 0.1) is 0 Å². The zero-order valence-corrected chi connectivity index (χ0v) is 19.6. The molecular weight excluding hydrogens is 447 g/mol. The van der Waals surface area contributed by atoms with Crippen molar-refractivity contribution in [3.05, 3.63) is 115 Å². The molecule has 3 nitrogen and oxygen atoms in total. The van der Waals surface area contributed by atoms with E-state index in [1.165, 1.54) is 10.8 Å². The number of nitrogens with zero attached hydrogens (tertiary/aromatic N) is 2. The molecule has 0 N–H and O–H groups in total. The topological polar surface area (TPSA) is 34.4 Å². The highest BCUT2D eigenvalue weighted by molar-refractivity contribution is 7.86. The maximum absolute atomic E-state index is 15.2. The van der Waals surface area contributed by atoms with Crippen LogP contribution in [0.5, 0.6) is 0 Å². The first kappa shape index (κ1) is 19.1. The predicted molar refractivity (Wildman–Crippen MR) is 146 cm³/mol. The molecule has 8 rings (SSSR count). The minimum absolute atomic E-state index is 0.809. The van der Waals surface area contributed by atoms with Crippen molar-refractivity contribution in [2.24, 2.45) is 0 Å². The van der Waals surface area contributed by atoms with Gasteiger partial charge in [-0.3, -0.25) is 4.40 Å². The molecule has 0 fully saturated rings. The third kappa shape index (κ3) is 2.31. The Kier molecular flexibility index (Phi) is 3.66. The first-order valence-corrected chi connectivity index (χ1v) is 13.5. The van der Waals surface area contributed by atoms with Crippen molar-refractivity contribution in [3.63, 3.8) is 0 Å². The molecule has 0 bridgehead atoms. The van der Waals surface area contributed by atoms with E-state index >= 15 is 4.57 Å². The van der Waals surface area contributed by atoms with Crippen LogP contribution in [0.15, 0.2) is 115 Å². The molecule has 2 aromatic heterocycles. The number of benzene rings is 5. The highest BCUT2D eigenvalue weighted by atomic mass is 31.2. The van der Waals surface area contributed by atoms with Crippen LogP contribution in [0.3, 0.4) is 0 Å². The van der Waals surface area contributed by atoms with E-state index in [1.807, 2.05) is 48.5 Å². The van der Waals surface area contributed by atoms with E-state index in [4.69, 9.17) is 4.98 Å². The molecule has 3 heterocycles. The fourth-order valence-corrected chi connectivity index (χ4v) is 9.11. The molecule has 164 valence electrons. The summed E-state index contributed by atoms with van der Waals surface area (Å²) in [5.74, 6) is 0. The van der Waals surface area contributed by atoms with Gasteiger partial charge < -0.3 is 4.57 Å². The van der Waals surface area contributed by atoms with Gasteiger partial charge in [-0.05, 0) is 34.7 Å². The van der Waals surface area contributed by atoms with Crippen molar-refractivity contribution in [3.8, 4) is 11.1 Å². The third-order valence-electron chi connectivity index (χ3n) is 7.38. The molecule has 0 radical (unpaired) electrons. The van der Waals surface area contributed by atoms with Gasteiger partial charge >= 0.3 is 0 Å². The minimum Gasteiger partial charge on any atom is -0.309 e. The van der Waals surface area contributed by atoms with Crippen molar-refractivity contribution in [1.29, 1.82) is 0 Å². The lowest BCUT2D eigenvalue weighted by atomic mass is 10.1. The van der Waals surface area contributed by atoms with Crippen molar-refractivity contribution in [1.82, 2.24) is 9.38 Å². The molecule has 1 aliphatic rings. The number of aromatic nitrogens is 2. The summed E-state index contributed by atoms with van der Waals surface area (Å²) < 4.78 is 17.5. The summed E-state index contributed by atoms with van der Waals surface area (Å²) in [6.45, 7) is 0. The fourth-order valence-electron chi connectivity index (χ4n) is 5.91. The van der Waals surface area contributed by atoms with Gasteiger partial charge in [0.1, 0.15) is 11.2 Å². The summed E-state index contributed by atoms with van der Waals surface area (Å²) in [7, 11) is -3.10. The zero-order valence-electron chi connectivity index (χ0n) is 18.7. The quantitative estimate of drug-likeness (QED) is 0.207. The summed E-state index contributed by atoms with van der Waals surface area (Å²) >= 11 is 0. The van der Waals surface area contributed by atoms with Gasteiger partial charge in [-0.15, -0.1) is 0 Å². The van der Waals surface area contributed by atoms with Gasteiger partial charge in [-0.1, -0.05) is 97.1 Å². The van der Waals surface area contributed by atoms with Crippen molar-refractivity contribution < 1.29 is 4.57 Å². The zero-order chi connectivity index (χ0) is 23.1. The highest BCUT2D eigenvalue weighted by Crippen LogP contribution is 2.53. The van der Waals surface area contributed by atoms with Gasteiger partial charge in [0, 0.05) is 26.7 Å². The van der Waals surface area contributed by atoms with Crippen LogP contribution in [-0.4, -0.2) is 9.38 Å². The molecule has 0 aliphatic carbocycles.